The number of aliphatic hydroxyl groups is 1. The average molecular weight is 249 g/mol. The minimum atomic E-state index is -0.605. The van der Waals surface area contributed by atoms with Gasteiger partial charge in [-0.05, 0) is 38.0 Å². The molecule has 0 aliphatic carbocycles. The monoisotopic (exact) mass is 249 g/mol. The zero-order valence-corrected chi connectivity index (χ0v) is 10.5. The fourth-order valence-electron chi connectivity index (χ4n) is 2.20. The first kappa shape index (κ1) is 12.7. The summed E-state index contributed by atoms with van der Waals surface area (Å²) in [6.07, 6.45) is 1.38. The summed E-state index contributed by atoms with van der Waals surface area (Å²) in [5.41, 5.74) is 12.5. The molecule has 98 valence electrons. The largest absolute Gasteiger partial charge is 0.397 e. The second kappa shape index (κ2) is 4.49. The van der Waals surface area contributed by atoms with Gasteiger partial charge in [0.2, 0.25) is 5.91 Å². The summed E-state index contributed by atoms with van der Waals surface area (Å²) in [6.45, 7) is 3.28. The van der Waals surface area contributed by atoms with E-state index in [-0.39, 0.29) is 0 Å². The molecule has 18 heavy (non-hydrogen) atoms. The summed E-state index contributed by atoms with van der Waals surface area (Å²) < 4.78 is 0. The molecule has 1 aromatic rings. The zero-order valence-electron chi connectivity index (χ0n) is 10.5. The molecule has 1 fully saturated rings. The van der Waals surface area contributed by atoms with Crippen LogP contribution in [-0.4, -0.2) is 29.7 Å². The van der Waals surface area contributed by atoms with E-state index >= 15 is 0 Å². The fraction of sp³-hybridized carbons (Fsp3) is 0.462. The van der Waals surface area contributed by atoms with Crippen LogP contribution in [-0.2, 0) is 0 Å². The van der Waals surface area contributed by atoms with Crippen LogP contribution in [0.25, 0.3) is 0 Å². The van der Waals surface area contributed by atoms with E-state index in [1.54, 1.807) is 18.2 Å². The van der Waals surface area contributed by atoms with Gasteiger partial charge in [-0.15, -0.1) is 0 Å². The minimum absolute atomic E-state index is 0.455. The van der Waals surface area contributed by atoms with E-state index in [1.807, 2.05) is 6.92 Å². The van der Waals surface area contributed by atoms with Crippen molar-refractivity contribution in [2.75, 3.05) is 23.7 Å². The predicted molar refractivity (Wildman–Crippen MR) is 71.4 cm³/mol. The van der Waals surface area contributed by atoms with Gasteiger partial charge in [0.05, 0.1) is 17.0 Å². The molecule has 1 heterocycles. The summed E-state index contributed by atoms with van der Waals surface area (Å²) >= 11 is 0. The molecule has 5 heteroatoms. The topological polar surface area (TPSA) is 92.6 Å². The van der Waals surface area contributed by atoms with Crippen LogP contribution < -0.4 is 16.4 Å². The van der Waals surface area contributed by atoms with E-state index in [9.17, 15) is 9.90 Å². The fourth-order valence-corrected chi connectivity index (χ4v) is 2.20. The molecule has 5 N–H and O–H groups in total. The lowest BCUT2D eigenvalue weighted by Gasteiger charge is -2.37. The number of carbonyl (C=O) groups is 1. The molecule has 5 nitrogen and oxygen atoms in total. The third-order valence-corrected chi connectivity index (χ3v) is 3.50. The Morgan fingerprint density at radius 2 is 2.00 bits per heavy atom. The van der Waals surface area contributed by atoms with Gasteiger partial charge in [0.25, 0.3) is 0 Å². The van der Waals surface area contributed by atoms with E-state index in [4.69, 9.17) is 11.5 Å². The van der Waals surface area contributed by atoms with Gasteiger partial charge in [-0.1, -0.05) is 0 Å². The van der Waals surface area contributed by atoms with Crippen molar-refractivity contribution in [2.24, 2.45) is 5.73 Å². The quantitative estimate of drug-likeness (QED) is 0.673. The zero-order chi connectivity index (χ0) is 13.3. The molecule has 0 saturated carbocycles. The van der Waals surface area contributed by atoms with Gasteiger partial charge in [-0.25, -0.2) is 0 Å². The lowest BCUT2D eigenvalue weighted by Crippen LogP contribution is -2.42. The highest BCUT2D eigenvalue weighted by Crippen LogP contribution is 2.30. The van der Waals surface area contributed by atoms with Crippen LogP contribution in [0.3, 0.4) is 0 Å². The van der Waals surface area contributed by atoms with Crippen molar-refractivity contribution in [2.45, 2.75) is 25.4 Å². The molecule has 1 aromatic carbocycles. The molecule has 1 saturated heterocycles. The Balaban J connectivity index is 2.23. The third-order valence-electron chi connectivity index (χ3n) is 3.50. The van der Waals surface area contributed by atoms with Crippen LogP contribution >= 0.6 is 0 Å². The molecular weight excluding hydrogens is 230 g/mol. The number of nitrogens with two attached hydrogens (primary N) is 2. The molecule has 0 unspecified atom stereocenters. The Labute approximate surface area is 106 Å². The highest BCUT2D eigenvalue weighted by Gasteiger charge is 2.28. The predicted octanol–water partition coefficient (Wildman–Crippen LogP) is 0.719. The van der Waals surface area contributed by atoms with Crippen LogP contribution in [0.2, 0.25) is 0 Å². The van der Waals surface area contributed by atoms with Crippen molar-refractivity contribution < 1.29 is 9.90 Å². The van der Waals surface area contributed by atoms with Gasteiger partial charge in [-0.2, -0.15) is 0 Å². The first-order valence-electron chi connectivity index (χ1n) is 6.06. The SMILES string of the molecule is CC1(O)CCN(c2cc(C(N)=O)ccc2N)CC1. The summed E-state index contributed by atoms with van der Waals surface area (Å²) in [6, 6.07) is 5.04. The molecule has 1 amide bonds. The standard InChI is InChI=1S/C13H19N3O2/c1-13(18)4-6-16(7-5-13)11-8-9(12(15)17)2-3-10(11)14/h2-3,8,18H,4-7,14H2,1H3,(H2,15,17). The Kier molecular flexibility index (Phi) is 3.17. The van der Waals surface area contributed by atoms with E-state index in [2.05, 4.69) is 4.90 Å². The van der Waals surface area contributed by atoms with Gasteiger partial charge < -0.3 is 21.5 Å². The second-order valence-electron chi connectivity index (χ2n) is 5.12. The maximum Gasteiger partial charge on any atom is 0.248 e. The number of hydrogen-bond acceptors (Lipinski definition) is 4. The maximum absolute atomic E-state index is 11.2. The number of hydrogen-bond donors (Lipinski definition) is 3. The highest BCUT2D eigenvalue weighted by atomic mass is 16.3. The van der Waals surface area contributed by atoms with Crippen LogP contribution in [0.4, 0.5) is 11.4 Å². The molecule has 0 spiro atoms. The van der Waals surface area contributed by atoms with Crippen molar-refractivity contribution in [3.05, 3.63) is 23.8 Å². The lowest BCUT2D eigenvalue weighted by atomic mass is 9.93. The smallest absolute Gasteiger partial charge is 0.248 e. The molecule has 0 bridgehead atoms. The highest BCUT2D eigenvalue weighted by molar-refractivity contribution is 5.95. The van der Waals surface area contributed by atoms with Gasteiger partial charge in [-0.3, -0.25) is 4.79 Å². The van der Waals surface area contributed by atoms with E-state index in [0.717, 1.165) is 18.8 Å². The number of nitrogens with zero attached hydrogens (tertiary/aromatic N) is 1. The number of primary amides is 1. The third kappa shape index (κ3) is 2.56. The van der Waals surface area contributed by atoms with Crippen LogP contribution in [0, 0.1) is 0 Å². The van der Waals surface area contributed by atoms with Crippen LogP contribution in [0.15, 0.2) is 18.2 Å². The summed E-state index contributed by atoms with van der Waals surface area (Å²) in [5.74, 6) is -0.458. The normalized spacial score (nSPS) is 18.7. The maximum atomic E-state index is 11.2. The Morgan fingerprint density at radius 3 is 2.56 bits per heavy atom. The van der Waals surface area contributed by atoms with Gasteiger partial charge in [0, 0.05) is 18.7 Å². The molecule has 1 aliphatic heterocycles. The number of nitrogen functional groups attached to an aromatic ring is 1. The Hall–Kier alpha value is -1.75. The Bertz CT molecular complexity index is 461. The van der Waals surface area contributed by atoms with Crippen molar-refractivity contribution in [1.29, 1.82) is 0 Å². The minimum Gasteiger partial charge on any atom is -0.397 e. The number of anilines is 2. The Morgan fingerprint density at radius 1 is 1.39 bits per heavy atom. The number of benzene rings is 1. The molecular formula is C13H19N3O2. The second-order valence-corrected chi connectivity index (χ2v) is 5.12. The number of carbonyl (C=O) groups excluding carboxylic acids is 1. The molecule has 1 aliphatic rings. The van der Waals surface area contributed by atoms with Crippen molar-refractivity contribution in [3.8, 4) is 0 Å². The first-order valence-corrected chi connectivity index (χ1v) is 6.06. The van der Waals surface area contributed by atoms with Crippen LogP contribution in [0.5, 0.6) is 0 Å². The van der Waals surface area contributed by atoms with Crippen molar-refractivity contribution >= 4 is 17.3 Å². The van der Waals surface area contributed by atoms with Gasteiger partial charge >= 0.3 is 0 Å². The number of amides is 1. The van der Waals surface area contributed by atoms with Crippen molar-refractivity contribution in [1.82, 2.24) is 0 Å². The van der Waals surface area contributed by atoms with E-state index in [0.29, 0.717) is 24.1 Å². The number of rotatable bonds is 2. The van der Waals surface area contributed by atoms with Gasteiger partial charge in [0.1, 0.15) is 0 Å². The molecule has 0 aromatic heterocycles. The van der Waals surface area contributed by atoms with Crippen molar-refractivity contribution in [3.63, 3.8) is 0 Å². The molecule has 2 rings (SSSR count). The first-order chi connectivity index (χ1) is 8.39. The average Bonchev–Trinajstić information content (AvgIpc) is 2.30. The lowest BCUT2D eigenvalue weighted by molar-refractivity contribution is 0.0351. The van der Waals surface area contributed by atoms with Crippen LogP contribution in [0.1, 0.15) is 30.1 Å². The molecule has 0 atom stereocenters. The van der Waals surface area contributed by atoms with E-state index in [1.165, 1.54) is 0 Å². The molecule has 0 radical (unpaired) electrons. The number of piperidine rings is 1. The summed E-state index contributed by atoms with van der Waals surface area (Å²) in [4.78, 5) is 13.3. The summed E-state index contributed by atoms with van der Waals surface area (Å²) in [5, 5.41) is 9.92. The summed E-state index contributed by atoms with van der Waals surface area (Å²) in [7, 11) is 0. The van der Waals surface area contributed by atoms with E-state index < -0.39 is 11.5 Å². The van der Waals surface area contributed by atoms with Gasteiger partial charge in [0.15, 0.2) is 0 Å².